The number of esters is 1. The van der Waals surface area contributed by atoms with E-state index in [0.29, 0.717) is 37.1 Å². The number of benzene rings is 1. The SMILES string of the molecule is COC(=O)c1cccc(C(=O)N2CCC(O)CC2)c1. The number of nitrogens with zero attached hydrogens (tertiary/aromatic N) is 1. The minimum Gasteiger partial charge on any atom is -0.465 e. The molecule has 0 radical (unpaired) electrons. The predicted octanol–water partition coefficient (Wildman–Crippen LogP) is 1.07. The zero-order valence-corrected chi connectivity index (χ0v) is 10.8. The summed E-state index contributed by atoms with van der Waals surface area (Å²) >= 11 is 0. The largest absolute Gasteiger partial charge is 0.465 e. The molecule has 2 rings (SSSR count). The third-order valence-electron chi connectivity index (χ3n) is 3.28. The number of methoxy groups -OCH3 is 1. The van der Waals surface area contributed by atoms with Gasteiger partial charge in [-0.2, -0.15) is 0 Å². The minimum absolute atomic E-state index is 0.113. The van der Waals surface area contributed by atoms with Gasteiger partial charge < -0.3 is 14.7 Å². The van der Waals surface area contributed by atoms with E-state index in [1.807, 2.05) is 0 Å². The molecule has 0 aromatic heterocycles. The molecule has 1 N–H and O–H groups in total. The number of carbonyl (C=O) groups is 2. The third kappa shape index (κ3) is 3.12. The lowest BCUT2D eigenvalue weighted by atomic mass is 10.1. The van der Waals surface area contributed by atoms with Gasteiger partial charge in [0.15, 0.2) is 0 Å². The second-order valence-electron chi connectivity index (χ2n) is 4.60. The Bertz CT molecular complexity index is 478. The van der Waals surface area contributed by atoms with Gasteiger partial charge in [-0.05, 0) is 31.0 Å². The Hall–Kier alpha value is -1.88. The molecule has 0 aliphatic carbocycles. The fraction of sp³-hybridized carbons (Fsp3) is 0.429. The van der Waals surface area contributed by atoms with Crippen molar-refractivity contribution in [2.45, 2.75) is 18.9 Å². The van der Waals surface area contributed by atoms with E-state index in [1.54, 1.807) is 29.2 Å². The molecule has 1 amide bonds. The summed E-state index contributed by atoms with van der Waals surface area (Å²) in [6, 6.07) is 6.50. The molecule has 0 unspecified atom stereocenters. The molecule has 0 bridgehead atoms. The number of aliphatic hydroxyl groups excluding tert-OH is 1. The molecule has 19 heavy (non-hydrogen) atoms. The minimum atomic E-state index is -0.455. The van der Waals surface area contributed by atoms with E-state index in [0.717, 1.165) is 0 Å². The van der Waals surface area contributed by atoms with E-state index in [-0.39, 0.29) is 12.0 Å². The second-order valence-corrected chi connectivity index (χ2v) is 4.60. The number of rotatable bonds is 2. The van der Waals surface area contributed by atoms with Crippen LogP contribution in [0.1, 0.15) is 33.6 Å². The van der Waals surface area contributed by atoms with Crippen LogP contribution in [0.5, 0.6) is 0 Å². The van der Waals surface area contributed by atoms with Crippen LogP contribution < -0.4 is 0 Å². The summed E-state index contributed by atoms with van der Waals surface area (Å²) in [5.41, 5.74) is 0.838. The highest BCUT2D eigenvalue weighted by molar-refractivity contribution is 5.97. The lowest BCUT2D eigenvalue weighted by molar-refractivity contribution is 0.0546. The highest BCUT2D eigenvalue weighted by atomic mass is 16.5. The molecule has 102 valence electrons. The summed E-state index contributed by atoms with van der Waals surface area (Å²) in [6.45, 7) is 1.09. The Balaban J connectivity index is 2.13. The van der Waals surface area contributed by atoms with E-state index in [4.69, 9.17) is 0 Å². The Morgan fingerprint density at radius 1 is 1.26 bits per heavy atom. The molecule has 5 heteroatoms. The molecule has 1 aromatic rings. The molecule has 1 fully saturated rings. The van der Waals surface area contributed by atoms with Gasteiger partial charge in [-0.3, -0.25) is 4.79 Å². The molecule has 0 atom stereocenters. The van der Waals surface area contributed by atoms with Crippen LogP contribution in [0, 0.1) is 0 Å². The van der Waals surface area contributed by atoms with Crippen molar-refractivity contribution in [2.75, 3.05) is 20.2 Å². The number of hydrogen-bond donors (Lipinski definition) is 1. The van der Waals surface area contributed by atoms with Crippen LogP contribution in [0.15, 0.2) is 24.3 Å². The molecule has 5 nitrogen and oxygen atoms in total. The first-order valence-electron chi connectivity index (χ1n) is 6.27. The first-order chi connectivity index (χ1) is 9.11. The van der Waals surface area contributed by atoms with Crippen LogP contribution in [0.3, 0.4) is 0 Å². The number of carbonyl (C=O) groups excluding carboxylic acids is 2. The van der Waals surface area contributed by atoms with Crippen LogP contribution in [-0.2, 0) is 4.74 Å². The highest BCUT2D eigenvalue weighted by Crippen LogP contribution is 2.15. The summed E-state index contributed by atoms with van der Waals surface area (Å²) in [4.78, 5) is 25.4. The zero-order chi connectivity index (χ0) is 13.8. The van der Waals surface area contributed by atoms with Crippen molar-refractivity contribution < 1.29 is 19.4 Å². The van der Waals surface area contributed by atoms with Crippen molar-refractivity contribution in [3.8, 4) is 0 Å². The molecule has 1 heterocycles. The Kier molecular flexibility index (Phi) is 4.16. The van der Waals surface area contributed by atoms with Gasteiger partial charge in [0.25, 0.3) is 5.91 Å². The monoisotopic (exact) mass is 263 g/mol. The standard InChI is InChI=1S/C14H17NO4/c1-19-14(18)11-4-2-3-10(9-11)13(17)15-7-5-12(16)6-8-15/h2-4,9,12,16H,5-8H2,1H3. The van der Waals surface area contributed by atoms with Crippen LogP contribution in [0.25, 0.3) is 0 Å². The molecule has 0 spiro atoms. The van der Waals surface area contributed by atoms with E-state index >= 15 is 0 Å². The van der Waals surface area contributed by atoms with E-state index < -0.39 is 5.97 Å². The van der Waals surface area contributed by atoms with Gasteiger partial charge in [0, 0.05) is 18.7 Å². The maximum absolute atomic E-state index is 12.3. The summed E-state index contributed by atoms with van der Waals surface area (Å²) in [5.74, 6) is -0.568. The summed E-state index contributed by atoms with van der Waals surface area (Å²) in [7, 11) is 1.31. The normalized spacial score (nSPS) is 16.2. The summed E-state index contributed by atoms with van der Waals surface area (Å²) in [6.07, 6.45) is 0.885. The molecular formula is C14H17NO4. The fourth-order valence-electron chi connectivity index (χ4n) is 2.15. The first-order valence-corrected chi connectivity index (χ1v) is 6.27. The lowest BCUT2D eigenvalue weighted by Crippen LogP contribution is -2.40. The Labute approximate surface area is 111 Å². The first kappa shape index (κ1) is 13.5. The maximum Gasteiger partial charge on any atom is 0.337 e. The number of likely N-dealkylation sites (tertiary alicyclic amines) is 1. The molecule has 1 aliphatic rings. The van der Waals surface area contributed by atoms with Crippen molar-refractivity contribution in [1.29, 1.82) is 0 Å². The van der Waals surface area contributed by atoms with E-state index in [2.05, 4.69) is 4.74 Å². The lowest BCUT2D eigenvalue weighted by Gasteiger charge is -2.29. The van der Waals surface area contributed by atoms with Gasteiger partial charge >= 0.3 is 5.97 Å². The van der Waals surface area contributed by atoms with Gasteiger partial charge in [-0.1, -0.05) is 6.07 Å². The van der Waals surface area contributed by atoms with Gasteiger partial charge in [-0.15, -0.1) is 0 Å². The topological polar surface area (TPSA) is 66.8 Å². The van der Waals surface area contributed by atoms with E-state index in [1.165, 1.54) is 7.11 Å². The molecular weight excluding hydrogens is 246 g/mol. The maximum atomic E-state index is 12.3. The van der Waals surface area contributed by atoms with Crippen molar-refractivity contribution in [3.63, 3.8) is 0 Å². The van der Waals surface area contributed by atoms with Crippen molar-refractivity contribution in [1.82, 2.24) is 4.90 Å². The number of ether oxygens (including phenoxy) is 1. The summed E-state index contributed by atoms with van der Waals surface area (Å²) in [5, 5.41) is 9.43. The van der Waals surface area contributed by atoms with Crippen LogP contribution >= 0.6 is 0 Å². The number of aliphatic hydroxyl groups is 1. The summed E-state index contributed by atoms with van der Waals surface area (Å²) < 4.78 is 4.63. The second kappa shape index (κ2) is 5.84. The average Bonchev–Trinajstić information content (AvgIpc) is 2.46. The van der Waals surface area contributed by atoms with Crippen LogP contribution in [0.4, 0.5) is 0 Å². The molecule has 0 saturated carbocycles. The van der Waals surface area contributed by atoms with E-state index in [9.17, 15) is 14.7 Å². The molecule has 1 saturated heterocycles. The zero-order valence-electron chi connectivity index (χ0n) is 10.8. The molecule has 1 aliphatic heterocycles. The number of piperidine rings is 1. The molecule has 1 aromatic carbocycles. The van der Waals surface area contributed by atoms with Gasteiger partial charge in [-0.25, -0.2) is 4.79 Å². The number of amides is 1. The third-order valence-corrected chi connectivity index (χ3v) is 3.28. The van der Waals surface area contributed by atoms with Crippen molar-refractivity contribution >= 4 is 11.9 Å². The van der Waals surface area contributed by atoms with Crippen molar-refractivity contribution in [3.05, 3.63) is 35.4 Å². The quantitative estimate of drug-likeness (QED) is 0.810. The van der Waals surface area contributed by atoms with Gasteiger partial charge in [0.2, 0.25) is 0 Å². The predicted molar refractivity (Wildman–Crippen MR) is 68.9 cm³/mol. The van der Waals surface area contributed by atoms with Crippen LogP contribution in [-0.4, -0.2) is 48.2 Å². The Morgan fingerprint density at radius 2 is 1.89 bits per heavy atom. The van der Waals surface area contributed by atoms with Gasteiger partial charge in [0.05, 0.1) is 18.8 Å². The Morgan fingerprint density at radius 3 is 2.53 bits per heavy atom. The number of hydrogen-bond acceptors (Lipinski definition) is 4. The average molecular weight is 263 g/mol. The fourth-order valence-corrected chi connectivity index (χ4v) is 2.15. The van der Waals surface area contributed by atoms with Crippen molar-refractivity contribution in [2.24, 2.45) is 0 Å². The highest BCUT2D eigenvalue weighted by Gasteiger charge is 2.22. The smallest absolute Gasteiger partial charge is 0.337 e. The van der Waals surface area contributed by atoms with Gasteiger partial charge in [0.1, 0.15) is 0 Å². The van der Waals surface area contributed by atoms with Crippen LogP contribution in [0.2, 0.25) is 0 Å².